The average molecular weight is 216 g/mol. The van der Waals surface area contributed by atoms with Crippen LogP contribution >= 0.6 is 0 Å². The van der Waals surface area contributed by atoms with Gasteiger partial charge in [0.1, 0.15) is 0 Å². The van der Waals surface area contributed by atoms with Gasteiger partial charge in [-0.15, -0.1) is 0 Å². The summed E-state index contributed by atoms with van der Waals surface area (Å²) in [6, 6.07) is 0. The lowest BCUT2D eigenvalue weighted by Gasteiger charge is -2.33. The maximum Gasteiger partial charge on any atom is 0.0837 e. The Kier molecular flexibility index (Phi) is 6.22. The van der Waals surface area contributed by atoms with Gasteiger partial charge in [0.25, 0.3) is 0 Å². The lowest BCUT2D eigenvalue weighted by molar-refractivity contribution is -0.0819. The van der Waals surface area contributed by atoms with Crippen molar-refractivity contribution in [2.24, 2.45) is 5.92 Å². The Morgan fingerprint density at radius 2 is 2.07 bits per heavy atom. The van der Waals surface area contributed by atoms with E-state index < -0.39 is 0 Å². The second kappa shape index (κ2) is 7.20. The molecule has 1 aliphatic carbocycles. The SMILES string of the molecule is CCCC1CCC(O)C(OCCOC)C1. The molecule has 0 aromatic rings. The molecule has 3 nitrogen and oxygen atoms in total. The summed E-state index contributed by atoms with van der Waals surface area (Å²) in [5, 5.41) is 9.79. The topological polar surface area (TPSA) is 38.7 Å². The molecule has 0 amide bonds. The molecule has 3 heteroatoms. The van der Waals surface area contributed by atoms with Gasteiger partial charge in [-0.25, -0.2) is 0 Å². The molecule has 0 saturated heterocycles. The fraction of sp³-hybridized carbons (Fsp3) is 1.00. The van der Waals surface area contributed by atoms with Gasteiger partial charge < -0.3 is 14.6 Å². The summed E-state index contributed by atoms with van der Waals surface area (Å²) in [4.78, 5) is 0. The molecule has 1 rings (SSSR count). The Labute approximate surface area is 92.8 Å². The van der Waals surface area contributed by atoms with Crippen LogP contribution in [0, 0.1) is 5.92 Å². The minimum atomic E-state index is -0.269. The summed E-state index contributed by atoms with van der Waals surface area (Å²) in [5.74, 6) is 0.742. The zero-order valence-electron chi connectivity index (χ0n) is 9.95. The Morgan fingerprint density at radius 1 is 1.27 bits per heavy atom. The molecule has 0 heterocycles. The molecule has 0 bridgehead atoms. The van der Waals surface area contributed by atoms with Crippen molar-refractivity contribution in [2.45, 2.75) is 51.2 Å². The number of aliphatic hydroxyl groups excluding tert-OH is 1. The van der Waals surface area contributed by atoms with Crippen LogP contribution in [0.15, 0.2) is 0 Å². The zero-order valence-corrected chi connectivity index (χ0v) is 9.95. The van der Waals surface area contributed by atoms with Gasteiger partial charge >= 0.3 is 0 Å². The summed E-state index contributed by atoms with van der Waals surface area (Å²) in [6.45, 7) is 3.42. The molecule has 3 atom stereocenters. The first-order valence-corrected chi connectivity index (χ1v) is 6.06. The summed E-state index contributed by atoms with van der Waals surface area (Å²) in [5.41, 5.74) is 0. The maximum absolute atomic E-state index is 9.79. The summed E-state index contributed by atoms with van der Waals surface area (Å²) >= 11 is 0. The standard InChI is InChI=1S/C12H24O3/c1-3-4-10-5-6-11(13)12(9-10)15-8-7-14-2/h10-13H,3-9H2,1-2H3. The predicted octanol–water partition coefficient (Wildman–Crippen LogP) is 1.98. The second-order valence-corrected chi connectivity index (χ2v) is 4.44. The van der Waals surface area contributed by atoms with Gasteiger partial charge in [0.2, 0.25) is 0 Å². The molecular weight excluding hydrogens is 192 g/mol. The van der Waals surface area contributed by atoms with Crippen molar-refractivity contribution in [3.63, 3.8) is 0 Å². The Hall–Kier alpha value is -0.120. The quantitative estimate of drug-likeness (QED) is 0.690. The van der Waals surface area contributed by atoms with E-state index in [0.29, 0.717) is 13.2 Å². The van der Waals surface area contributed by atoms with Crippen LogP contribution in [0.3, 0.4) is 0 Å². The molecule has 0 aromatic carbocycles. The van der Waals surface area contributed by atoms with Crippen LogP contribution in [0.5, 0.6) is 0 Å². The second-order valence-electron chi connectivity index (χ2n) is 4.44. The van der Waals surface area contributed by atoms with Crippen LogP contribution in [0.2, 0.25) is 0 Å². The molecule has 1 aliphatic rings. The monoisotopic (exact) mass is 216 g/mol. The highest BCUT2D eigenvalue weighted by molar-refractivity contribution is 4.80. The third kappa shape index (κ3) is 4.49. The van der Waals surface area contributed by atoms with Crippen molar-refractivity contribution in [2.75, 3.05) is 20.3 Å². The van der Waals surface area contributed by atoms with Crippen LogP contribution in [-0.4, -0.2) is 37.6 Å². The van der Waals surface area contributed by atoms with Gasteiger partial charge in [-0.05, 0) is 25.2 Å². The molecule has 0 aromatic heterocycles. The van der Waals surface area contributed by atoms with E-state index in [1.54, 1.807) is 7.11 Å². The van der Waals surface area contributed by atoms with E-state index in [4.69, 9.17) is 9.47 Å². The molecule has 3 unspecified atom stereocenters. The predicted molar refractivity (Wildman–Crippen MR) is 59.9 cm³/mol. The van der Waals surface area contributed by atoms with Crippen molar-refractivity contribution in [3.8, 4) is 0 Å². The first-order chi connectivity index (χ1) is 7.27. The smallest absolute Gasteiger partial charge is 0.0837 e. The molecule has 1 saturated carbocycles. The number of aliphatic hydroxyl groups is 1. The molecule has 1 fully saturated rings. The summed E-state index contributed by atoms with van der Waals surface area (Å²) in [7, 11) is 1.67. The van der Waals surface area contributed by atoms with Crippen LogP contribution < -0.4 is 0 Å². The molecule has 0 spiro atoms. The highest BCUT2D eigenvalue weighted by atomic mass is 16.5. The van der Waals surface area contributed by atoms with Crippen LogP contribution in [0.25, 0.3) is 0 Å². The van der Waals surface area contributed by atoms with Crippen molar-refractivity contribution in [1.29, 1.82) is 0 Å². The van der Waals surface area contributed by atoms with Crippen LogP contribution in [0.1, 0.15) is 39.0 Å². The van der Waals surface area contributed by atoms with E-state index in [9.17, 15) is 5.11 Å². The molecule has 90 valence electrons. The molecule has 15 heavy (non-hydrogen) atoms. The Morgan fingerprint density at radius 3 is 2.73 bits per heavy atom. The van der Waals surface area contributed by atoms with Gasteiger partial charge in [0.05, 0.1) is 25.4 Å². The Bertz CT molecular complexity index is 161. The number of rotatable bonds is 6. The van der Waals surface area contributed by atoms with Crippen molar-refractivity contribution in [3.05, 3.63) is 0 Å². The summed E-state index contributed by atoms with van der Waals surface area (Å²) in [6.07, 6.45) is 5.31. The minimum absolute atomic E-state index is 0.0328. The van der Waals surface area contributed by atoms with Gasteiger partial charge in [0, 0.05) is 7.11 Å². The van der Waals surface area contributed by atoms with Gasteiger partial charge in [-0.1, -0.05) is 19.8 Å². The average Bonchev–Trinajstić information content (AvgIpc) is 2.23. The highest BCUT2D eigenvalue weighted by Crippen LogP contribution is 2.29. The van der Waals surface area contributed by atoms with Crippen molar-refractivity contribution >= 4 is 0 Å². The van der Waals surface area contributed by atoms with E-state index >= 15 is 0 Å². The van der Waals surface area contributed by atoms with Gasteiger partial charge in [0.15, 0.2) is 0 Å². The van der Waals surface area contributed by atoms with Crippen molar-refractivity contribution < 1.29 is 14.6 Å². The first kappa shape index (κ1) is 12.9. The number of methoxy groups -OCH3 is 1. The minimum Gasteiger partial charge on any atom is -0.390 e. The molecular formula is C12H24O3. The highest BCUT2D eigenvalue weighted by Gasteiger charge is 2.29. The third-order valence-electron chi connectivity index (χ3n) is 3.18. The fourth-order valence-corrected chi connectivity index (χ4v) is 2.33. The van der Waals surface area contributed by atoms with Gasteiger partial charge in [-0.3, -0.25) is 0 Å². The largest absolute Gasteiger partial charge is 0.390 e. The van der Waals surface area contributed by atoms with E-state index in [0.717, 1.165) is 25.2 Å². The Balaban J connectivity index is 2.26. The third-order valence-corrected chi connectivity index (χ3v) is 3.18. The normalized spacial score (nSPS) is 31.8. The maximum atomic E-state index is 9.79. The van der Waals surface area contributed by atoms with E-state index in [2.05, 4.69) is 6.92 Å². The molecule has 0 aliphatic heterocycles. The van der Waals surface area contributed by atoms with Crippen molar-refractivity contribution in [1.82, 2.24) is 0 Å². The van der Waals surface area contributed by atoms with Crippen LogP contribution in [-0.2, 0) is 9.47 Å². The summed E-state index contributed by atoms with van der Waals surface area (Å²) < 4.78 is 10.6. The number of ether oxygens (including phenoxy) is 2. The first-order valence-electron chi connectivity index (χ1n) is 6.06. The molecule has 1 N–H and O–H groups in total. The number of hydrogen-bond acceptors (Lipinski definition) is 3. The van der Waals surface area contributed by atoms with Crippen LogP contribution in [0.4, 0.5) is 0 Å². The van der Waals surface area contributed by atoms with E-state index in [-0.39, 0.29) is 12.2 Å². The molecule has 0 radical (unpaired) electrons. The fourth-order valence-electron chi connectivity index (χ4n) is 2.33. The lowest BCUT2D eigenvalue weighted by atomic mass is 9.83. The van der Waals surface area contributed by atoms with Gasteiger partial charge in [-0.2, -0.15) is 0 Å². The van der Waals surface area contributed by atoms with E-state index in [1.165, 1.54) is 12.8 Å². The number of hydrogen-bond donors (Lipinski definition) is 1. The lowest BCUT2D eigenvalue weighted by Crippen LogP contribution is -2.36. The zero-order chi connectivity index (χ0) is 11.1. The van der Waals surface area contributed by atoms with E-state index in [1.807, 2.05) is 0 Å².